The van der Waals surface area contributed by atoms with Crippen LogP contribution < -0.4 is 4.74 Å². The fraction of sp³-hybridized carbons (Fsp3) is 0.600. The molecule has 140 valence electrons. The van der Waals surface area contributed by atoms with E-state index in [0.29, 0.717) is 22.6 Å². The van der Waals surface area contributed by atoms with E-state index in [1.807, 2.05) is 0 Å². The predicted molar refractivity (Wildman–Crippen MR) is 102 cm³/mol. The van der Waals surface area contributed by atoms with Crippen molar-refractivity contribution in [2.24, 2.45) is 11.8 Å². The highest BCUT2D eigenvalue weighted by Gasteiger charge is 2.49. The molecule has 5 nitrogen and oxygen atoms in total. The minimum Gasteiger partial charge on any atom is -0.461 e. The van der Waals surface area contributed by atoms with Crippen molar-refractivity contribution in [3.63, 3.8) is 0 Å². The molecule has 0 amide bonds. The molecule has 1 aromatic carbocycles. The number of nitro benzene ring substituents is 1. The molecule has 1 aliphatic carbocycles. The van der Waals surface area contributed by atoms with Gasteiger partial charge in [-0.2, -0.15) is 0 Å². The lowest BCUT2D eigenvalue weighted by molar-refractivity contribution is -0.386. The Hall–Kier alpha value is -1.59. The van der Waals surface area contributed by atoms with Crippen molar-refractivity contribution in [2.45, 2.75) is 51.7 Å². The summed E-state index contributed by atoms with van der Waals surface area (Å²) >= 11 is 6.12. The minimum absolute atomic E-state index is 0.0362. The van der Waals surface area contributed by atoms with Gasteiger partial charge < -0.3 is 4.74 Å². The molecular weight excluding hydrogens is 352 g/mol. The Morgan fingerprint density at radius 2 is 2.00 bits per heavy atom. The Bertz CT molecular complexity index is 769. The summed E-state index contributed by atoms with van der Waals surface area (Å²) in [6.45, 7) is 6.51. The number of rotatable bonds is 2. The van der Waals surface area contributed by atoms with Crippen LogP contribution in [0, 0.1) is 22.0 Å². The van der Waals surface area contributed by atoms with Crippen molar-refractivity contribution >= 4 is 23.4 Å². The fourth-order valence-corrected chi connectivity index (χ4v) is 5.25. The van der Waals surface area contributed by atoms with Crippen LogP contribution in [0.15, 0.2) is 17.7 Å². The number of nitro groups is 1. The first kappa shape index (κ1) is 17.8. The summed E-state index contributed by atoms with van der Waals surface area (Å²) < 4.78 is 6.56. The van der Waals surface area contributed by atoms with Gasteiger partial charge in [-0.05, 0) is 55.2 Å². The van der Waals surface area contributed by atoms with Gasteiger partial charge in [0, 0.05) is 36.2 Å². The number of piperidine rings is 1. The van der Waals surface area contributed by atoms with Crippen LogP contribution in [0.25, 0.3) is 6.08 Å². The average molecular weight is 377 g/mol. The predicted octanol–water partition coefficient (Wildman–Crippen LogP) is 5.27. The molecule has 1 saturated heterocycles. The first-order chi connectivity index (χ1) is 12.4. The van der Waals surface area contributed by atoms with E-state index in [0.717, 1.165) is 44.3 Å². The van der Waals surface area contributed by atoms with Gasteiger partial charge in [0.15, 0.2) is 5.72 Å². The molecule has 2 fully saturated rings. The summed E-state index contributed by atoms with van der Waals surface area (Å²) in [7, 11) is 0. The molecule has 0 bridgehead atoms. The third kappa shape index (κ3) is 2.91. The second kappa shape index (κ2) is 6.54. The van der Waals surface area contributed by atoms with Gasteiger partial charge in [0.1, 0.15) is 0 Å². The van der Waals surface area contributed by atoms with Crippen molar-refractivity contribution in [3.8, 4) is 5.75 Å². The molecule has 3 aliphatic rings. The van der Waals surface area contributed by atoms with E-state index in [4.69, 9.17) is 16.3 Å². The summed E-state index contributed by atoms with van der Waals surface area (Å²) in [4.78, 5) is 13.7. The number of likely N-dealkylation sites (tertiary alicyclic amines) is 1. The highest BCUT2D eigenvalue weighted by molar-refractivity contribution is 6.31. The molecule has 26 heavy (non-hydrogen) atoms. The summed E-state index contributed by atoms with van der Waals surface area (Å²) in [5.74, 6) is 1.57. The van der Waals surface area contributed by atoms with Crippen LogP contribution in [0.4, 0.5) is 5.69 Å². The van der Waals surface area contributed by atoms with Gasteiger partial charge in [-0.1, -0.05) is 25.4 Å². The van der Waals surface area contributed by atoms with Crippen LogP contribution in [0.2, 0.25) is 5.02 Å². The number of hydrogen-bond acceptors (Lipinski definition) is 4. The normalized spacial score (nSPS) is 31.4. The van der Waals surface area contributed by atoms with Gasteiger partial charge in [-0.15, -0.1) is 0 Å². The largest absolute Gasteiger partial charge is 0.461 e. The molecule has 3 atom stereocenters. The van der Waals surface area contributed by atoms with Crippen LogP contribution in [0.1, 0.15) is 51.5 Å². The number of halogens is 1. The van der Waals surface area contributed by atoms with Crippen molar-refractivity contribution in [1.29, 1.82) is 0 Å². The van der Waals surface area contributed by atoms with Crippen LogP contribution in [0.3, 0.4) is 0 Å². The van der Waals surface area contributed by atoms with Gasteiger partial charge in [0.2, 0.25) is 5.75 Å². The third-order valence-corrected chi connectivity index (χ3v) is 6.17. The number of ether oxygens (including phenoxy) is 1. The monoisotopic (exact) mass is 376 g/mol. The van der Waals surface area contributed by atoms with Gasteiger partial charge in [0.05, 0.1) is 4.92 Å². The average Bonchev–Trinajstić information content (AvgIpc) is 2.58. The molecule has 1 saturated carbocycles. The molecule has 0 radical (unpaired) electrons. The van der Waals surface area contributed by atoms with E-state index < -0.39 is 5.72 Å². The maximum atomic E-state index is 11.6. The Kier molecular flexibility index (Phi) is 4.48. The SMILES string of the molecule is CC1CC(C)CN(C23CCCCC2=Cc2cc(Cl)cc([N+](=O)[O-])c2O3)C1. The molecule has 0 aromatic heterocycles. The van der Waals surface area contributed by atoms with E-state index in [9.17, 15) is 10.1 Å². The van der Waals surface area contributed by atoms with Crippen molar-refractivity contribution in [1.82, 2.24) is 4.90 Å². The summed E-state index contributed by atoms with van der Waals surface area (Å²) in [6, 6.07) is 3.17. The third-order valence-electron chi connectivity index (χ3n) is 5.95. The lowest BCUT2D eigenvalue weighted by atomic mass is 9.79. The molecule has 4 rings (SSSR count). The fourth-order valence-electron chi connectivity index (χ4n) is 5.03. The van der Waals surface area contributed by atoms with E-state index in [1.165, 1.54) is 18.1 Å². The quantitative estimate of drug-likeness (QED) is 0.521. The van der Waals surface area contributed by atoms with E-state index >= 15 is 0 Å². The summed E-state index contributed by atoms with van der Waals surface area (Å²) in [5, 5.41) is 12.0. The maximum absolute atomic E-state index is 11.6. The Balaban J connectivity index is 1.82. The summed E-state index contributed by atoms with van der Waals surface area (Å²) in [5.41, 5.74) is 1.40. The molecular formula is C20H25ClN2O3. The Labute approximate surface area is 159 Å². The number of fused-ring (bicyclic) bond motifs is 2. The zero-order chi connectivity index (χ0) is 18.5. The Morgan fingerprint density at radius 3 is 2.69 bits per heavy atom. The Morgan fingerprint density at radius 1 is 1.27 bits per heavy atom. The lowest BCUT2D eigenvalue weighted by Gasteiger charge is -2.52. The zero-order valence-electron chi connectivity index (χ0n) is 15.3. The van der Waals surface area contributed by atoms with Crippen LogP contribution in [-0.2, 0) is 0 Å². The van der Waals surface area contributed by atoms with E-state index in [2.05, 4.69) is 24.8 Å². The standard InChI is InChI=1S/C20H25ClN2O3/c1-13-7-14(2)12-22(11-13)20-6-4-3-5-16(20)8-15-9-17(21)10-18(23(24)25)19(15)26-20/h8-10,13-14H,3-7,11-12H2,1-2H3. The molecule has 1 aromatic rings. The maximum Gasteiger partial charge on any atom is 0.313 e. The van der Waals surface area contributed by atoms with Crippen LogP contribution in [0.5, 0.6) is 5.75 Å². The minimum atomic E-state index is -0.535. The van der Waals surface area contributed by atoms with Crippen LogP contribution >= 0.6 is 11.6 Å². The molecule has 6 heteroatoms. The van der Waals surface area contributed by atoms with Gasteiger partial charge in [-0.25, -0.2) is 0 Å². The van der Waals surface area contributed by atoms with Gasteiger partial charge in [-0.3, -0.25) is 15.0 Å². The van der Waals surface area contributed by atoms with Crippen molar-refractivity contribution in [3.05, 3.63) is 38.4 Å². The molecule has 2 heterocycles. The second-order valence-corrected chi connectivity index (χ2v) is 8.65. The topological polar surface area (TPSA) is 55.6 Å². The molecule has 0 spiro atoms. The van der Waals surface area contributed by atoms with E-state index in [-0.39, 0.29) is 10.6 Å². The van der Waals surface area contributed by atoms with Crippen molar-refractivity contribution in [2.75, 3.05) is 13.1 Å². The molecule has 3 unspecified atom stereocenters. The van der Waals surface area contributed by atoms with Gasteiger partial charge in [0.25, 0.3) is 0 Å². The molecule has 0 N–H and O–H groups in total. The highest BCUT2D eigenvalue weighted by atomic mass is 35.5. The van der Waals surface area contributed by atoms with Gasteiger partial charge >= 0.3 is 5.69 Å². The number of hydrogen-bond donors (Lipinski definition) is 0. The highest BCUT2D eigenvalue weighted by Crippen LogP contribution is 2.50. The molecule has 2 aliphatic heterocycles. The number of benzene rings is 1. The van der Waals surface area contributed by atoms with E-state index in [1.54, 1.807) is 6.07 Å². The number of nitrogens with zero attached hydrogens (tertiary/aromatic N) is 2. The second-order valence-electron chi connectivity index (χ2n) is 8.21. The summed E-state index contributed by atoms with van der Waals surface area (Å²) in [6.07, 6.45) is 7.39. The smallest absolute Gasteiger partial charge is 0.313 e. The first-order valence-electron chi connectivity index (χ1n) is 9.52. The zero-order valence-corrected chi connectivity index (χ0v) is 16.1. The van der Waals surface area contributed by atoms with Crippen molar-refractivity contribution < 1.29 is 9.66 Å². The first-order valence-corrected chi connectivity index (χ1v) is 9.90. The van der Waals surface area contributed by atoms with Crippen LogP contribution in [-0.4, -0.2) is 28.6 Å². The lowest BCUT2D eigenvalue weighted by Crippen LogP contribution is -2.60.